The van der Waals surface area contributed by atoms with E-state index in [0.29, 0.717) is 5.78 Å². The first-order chi connectivity index (χ1) is 5.45. The quantitative estimate of drug-likeness (QED) is 0.589. The highest BCUT2D eigenvalue weighted by Crippen LogP contribution is 2.11. The summed E-state index contributed by atoms with van der Waals surface area (Å²) in [5, 5.41) is 0. The summed E-state index contributed by atoms with van der Waals surface area (Å²) in [6.45, 7) is 10.0. The smallest absolute Gasteiger partial charge is 0.138 e. The number of hydrogen-bond acceptors (Lipinski definition) is 1. The molecule has 0 bridgehead atoms. The average molecular weight is 168 g/mol. The fourth-order valence-electron chi connectivity index (χ4n) is 1.10. The van der Waals surface area contributed by atoms with Crippen LogP contribution in [0.1, 0.15) is 41.0 Å². The van der Waals surface area contributed by atoms with Crippen molar-refractivity contribution in [3.8, 4) is 0 Å². The van der Waals surface area contributed by atoms with Crippen LogP contribution in [-0.2, 0) is 4.79 Å². The topological polar surface area (TPSA) is 17.1 Å². The predicted molar refractivity (Wildman–Crippen MR) is 53.1 cm³/mol. The minimum Gasteiger partial charge on any atom is -0.299 e. The lowest BCUT2D eigenvalue weighted by Crippen LogP contribution is -2.16. The second kappa shape index (κ2) is 5.13. The lowest BCUT2D eigenvalue weighted by Gasteiger charge is -2.10. The number of carbonyl (C=O) groups excluding carboxylic acids is 1. The Kier molecular flexibility index (Phi) is 4.87. The first kappa shape index (κ1) is 11.4. The Morgan fingerprint density at radius 2 is 1.75 bits per heavy atom. The summed E-state index contributed by atoms with van der Waals surface area (Å²) < 4.78 is 0. The van der Waals surface area contributed by atoms with Gasteiger partial charge in [-0.05, 0) is 20.3 Å². The summed E-state index contributed by atoms with van der Waals surface area (Å²) in [5.74, 6) is 0.720. The van der Waals surface area contributed by atoms with Crippen molar-refractivity contribution in [3.63, 3.8) is 0 Å². The van der Waals surface area contributed by atoms with E-state index in [1.165, 1.54) is 5.57 Å². The van der Waals surface area contributed by atoms with Crippen LogP contribution < -0.4 is 0 Å². The van der Waals surface area contributed by atoms with Gasteiger partial charge in [0.2, 0.25) is 0 Å². The average Bonchev–Trinajstić information content (AvgIpc) is 1.98. The van der Waals surface area contributed by atoms with Crippen molar-refractivity contribution in [2.75, 3.05) is 0 Å². The molecule has 0 saturated heterocycles. The van der Waals surface area contributed by atoms with Crippen LogP contribution in [-0.4, -0.2) is 5.78 Å². The second-order valence-electron chi connectivity index (χ2n) is 3.98. The lowest BCUT2D eigenvalue weighted by molar-refractivity contribution is -0.125. The van der Waals surface area contributed by atoms with Crippen molar-refractivity contribution >= 4 is 5.78 Å². The maximum absolute atomic E-state index is 11.4. The normalized spacial score (nSPS) is 12.8. The van der Waals surface area contributed by atoms with Crippen LogP contribution in [0, 0.1) is 11.8 Å². The number of ketones is 1. The molecule has 0 N–H and O–H groups in total. The van der Waals surface area contributed by atoms with Gasteiger partial charge in [0.05, 0.1) is 0 Å². The molecule has 1 nitrogen and oxygen atoms in total. The summed E-state index contributed by atoms with van der Waals surface area (Å²) >= 11 is 0. The molecular weight excluding hydrogens is 148 g/mol. The predicted octanol–water partition coefficient (Wildman–Crippen LogP) is 3.20. The first-order valence-corrected chi connectivity index (χ1v) is 4.62. The SMILES string of the molecule is CC(C)=CC[C@@H](C)C(=O)C(C)C. The first-order valence-electron chi connectivity index (χ1n) is 4.62. The van der Waals surface area contributed by atoms with E-state index in [-0.39, 0.29) is 11.8 Å². The lowest BCUT2D eigenvalue weighted by atomic mass is 9.94. The van der Waals surface area contributed by atoms with Gasteiger partial charge >= 0.3 is 0 Å². The van der Waals surface area contributed by atoms with E-state index < -0.39 is 0 Å². The Hall–Kier alpha value is -0.590. The maximum atomic E-state index is 11.4. The molecule has 0 radical (unpaired) electrons. The molecule has 0 heterocycles. The molecule has 70 valence electrons. The van der Waals surface area contributed by atoms with E-state index in [9.17, 15) is 4.79 Å². The number of allylic oxidation sites excluding steroid dienone is 2. The largest absolute Gasteiger partial charge is 0.299 e. The second-order valence-corrected chi connectivity index (χ2v) is 3.98. The number of hydrogen-bond donors (Lipinski definition) is 0. The fourth-order valence-corrected chi connectivity index (χ4v) is 1.10. The van der Waals surface area contributed by atoms with Gasteiger partial charge in [0.15, 0.2) is 0 Å². The molecule has 0 aromatic rings. The molecule has 0 aromatic carbocycles. The molecule has 0 fully saturated rings. The van der Waals surface area contributed by atoms with Crippen molar-refractivity contribution in [3.05, 3.63) is 11.6 Å². The minimum atomic E-state index is 0.172. The molecule has 1 atom stereocenters. The third-order valence-electron chi connectivity index (χ3n) is 1.93. The van der Waals surface area contributed by atoms with Crippen LogP contribution in [0.4, 0.5) is 0 Å². The van der Waals surface area contributed by atoms with Crippen molar-refractivity contribution in [2.24, 2.45) is 11.8 Å². The summed E-state index contributed by atoms with van der Waals surface area (Å²) in [6.07, 6.45) is 3.02. The van der Waals surface area contributed by atoms with Crippen molar-refractivity contribution in [1.29, 1.82) is 0 Å². The van der Waals surface area contributed by atoms with Crippen molar-refractivity contribution < 1.29 is 4.79 Å². The van der Waals surface area contributed by atoms with E-state index in [0.717, 1.165) is 6.42 Å². The van der Waals surface area contributed by atoms with Crippen LogP contribution in [0.5, 0.6) is 0 Å². The maximum Gasteiger partial charge on any atom is 0.138 e. The van der Waals surface area contributed by atoms with E-state index in [2.05, 4.69) is 19.9 Å². The van der Waals surface area contributed by atoms with E-state index in [4.69, 9.17) is 0 Å². The van der Waals surface area contributed by atoms with Gasteiger partial charge in [0.1, 0.15) is 5.78 Å². The molecule has 0 amide bonds. The summed E-state index contributed by atoms with van der Waals surface area (Å²) in [7, 11) is 0. The zero-order valence-electron chi connectivity index (χ0n) is 8.85. The van der Waals surface area contributed by atoms with Gasteiger partial charge in [-0.1, -0.05) is 32.4 Å². The van der Waals surface area contributed by atoms with Gasteiger partial charge in [0.25, 0.3) is 0 Å². The third-order valence-corrected chi connectivity index (χ3v) is 1.93. The van der Waals surface area contributed by atoms with Crippen LogP contribution in [0.2, 0.25) is 0 Å². The third kappa shape index (κ3) is 4.32. The van der Waals surface area contributed by atoms with Gasteiger partial charge in [-0.25, -0.2) is 0 Å². The summed E-state index contributed by atoms with van der Waals surface area (Å²) in [6, 6.07) is 0. The Morgan fingerprint density at radius 1 is 1.25 bits per heavy atom. The van der Waals surface area contributed by atoms with Gasteiger partial charge < -0.3 is 0 Å². The molecule has 0 unspecified atom stereocenters. The van der Waals surface area contributed by atoms with E-state index in [1.54, 1.807) is 0 Å². The molecule has 0 aliphatic heterocycles. The van der Waals surface area contributed by atoms with Gasteiger partial charge in [0, 0.05) is 11.8 Å². The number of carbonyl (C=O) groups is 1. The Morgan fingerprint density at radius 3 is 2.08 bits per heavy atom. The van der Waals surface area contributed by atoms with Crippen molar-refractivity contribution in [2.45, 2.75) is 41.0 Å². The fraction of sp³-hybridized carbons (Fsp3) is 0.727. The van der Waals surface area contributed by atoms with Crippen LogP contribution in [0.15, 0.2) is 11.6 Å². The Bertz CT molecular complexity index is 173. The minimum absolute atomic E-state index is 0.172. The zero-order chi connectivity index (χ0) is 9.72. The van der Waals surface area contributed by atoms with Crippen LogP contribution >= 0.6 is 0 Å². The van der Waals surface area contributed by atoms with Crippen LogP contribution in [0.3, 0.4) is 0 Å². The zero-order valence-corrected chi connectivity index (χ0v) is 8.85. The molecule has 12 heavy (non-hydrogen) atoms. The van der Waals surface area contributed by atoms with E-state index in [1.807, 2.05) is 20.8 Å². The molecule has 1 heteroatoms. The van der Waals surface area contributed by atoms with Gasteiger partial charge in [-0.15, -0.1) is 0 Å². The Balaban J connectivity index is 3.96. The Labute approximate surface area is 75.9 Å². The molecule has 0 rings (SSSR count). The standard InChI is InChI=1S/C11H20O/c1-8(2)6-7-10(5)11(12)9(3)4/h6,9-10H,7H2,1-5H3/t10-/m1/s1. The molecule has 0 aliphatic carbocycles. The van der Waals surface area contributed by atoms with Crippen molar-refractivity contribution in [1.82, 2.24) is 0 Å². The molecule has 0 spiro atoms. The van der Waals surface area contributed by atoms with Gasteiger partial charge in [-0.2, -0.15) is 0 Å². The van der Waals surface area contributed by atoms with E-state index >= 15 is 0 Å². The number of Topliss-reactive ketones (excluding diaryl/α,β-unsaturated/α-hetero) is 1. The van der Waals surface area contributed by atoms with Gasteiger partial charge in [-0.3, -0.25) is 4.79 Å². The molecular formula is C11H20O. The highest BCUT2D eigenvalue weighted by molar-refractivity contribution is 5.82. The van der Waals surface area contributed by atoms with Crippen LogP contribution in [0.25, 0.3) is 0 Å². The summed E-state index contributed by atoms with van der Waals surface area (Å²) in [5.41, 5.74) is 1.29. The monoisotopic (exact) mass is 168 g/mol. The molecule has 0 aromatic heterocycles. The summed E-state index contributed by atoms with van der Waals surface area (Å²) in [4.78, 5) is 11.4. The molecule has 0 aliphatic rings. The highest BCUT2D eigenvalue weighted by Gasteiger charge is 2.14. The number of rotatable bonds is 4. The highest BCUT2D eigenvalue weighted by atomic mass is 16.1. The molecule has 0 saturated carbocycles.